The van der Waals surface area contributed by atoms with Crippen molar-refractivity contribution in [3.63, 3.8) is 0 Å². The number of esters is 1. The lowest BCUT2D eigenvalue weighted by Gasteiger charge is -2.30. The predicted molar refractivity (Wildman–Crippen MR) is 105 cm³/mol. The molecule has 0 radical (unpaired) electrons. The number of amides is 1. The van der Waals surface area contributed by atoms with Gasteiger partial charge >= 0.3 is 5.97 Å². The number of hydrogen-bond acceptors (Lipinski definition) is 8. The first kappa shape index (κ1) is 22.9. The molecule has 1 aromatic rings. The fourth-order valence-electron chi connectivity index (χ4n) is 3.27. The van der Waals surface area contributed by atoms with Gasteiger partial charge in [-0.2, -0.15) is 0 Å². The molecular formula is C20H30N2O7. The maximum absolute atomic E-state index is 13.4. The maximum Gasteiger partial charge on any atom is 0.310 e. The average molecular weight is 410 g/mol. The van der Waals surface area contributed by atoms with Crippen molar-refractivity contribution in [3.05, 3.63) is 22.8 Å². The van der Waals surface area contributed by atoms with Crippen LogP contribution in [0, 0.1) is 0 Å². The molecule has 29 heavy (non-hydrogen) atoms. The van der Waals surface area contributed by atoms with Crippen LogP contribution in [0.15, 0.2) is 6.07 Å². The van der Waals surface area contributed by atoms with Crippen molar-refractivity contribution >= 4 is 11.9 Å². The number of piperazine rings is 1. The zero-order valence-electron chi connectivity index (χ0n) is 17.5. The van der Waals surface area contributed by atoms with Crippen molar-refractivity contribution in [1.82, 2.24) is 10.2 Å². The summed E-state index contributed by atoms with van der Waals surface area (Å²) >= 11 is 0. The third-order valence-electron chi connectivity index (χ3n) is 4.66. The molecule has 9 nitrogen and oxygen atoms in total. The van der Waals surface area contributed by atoms with E-state index in [4.69, 9.17) is 23.7 Å². The van der Waals surface area contributed by atoms with Gasteiger partial charge in [-0.05, 0) is 17.5 Å². The fraction of sp³-hybridized carbons (Fsp3) is 0.600. The summed E-state index contributed by atoms with van der Waals surface area (Å²) in [6.45, 7) is 4.48. The smallest absolute Gasteiger partial charge is 0.310 e. The number of hydrogen-bond donors (Lipinski definition) is 1. The van der Waals surface area contributed by atoms with Gasteiger partial charge < -0.3 is 33.9 Å². The monoisotopic (exact) mass is 410 g/mol. The highest BCUT2D eigenvalue weighted by Gasteiger charge is 2.29. The molecule has 1 amide bonds. The standard InChI is InChI=1S/C20H30N2O7/c1-5-14-15(10-18(23)27-4)19(20(24)22-8-6-21-7-9-22)17(29-13-26-3)11-16(14)28-12-25-2/h11,21H,5-10,12-13H2,1-4H3. The molecule has 9 heteroatoms. The molecule has 0 saturated carbocycles. The average Bonchev–Trinajstić information content (AvgIpc) is 2.76. The Labute approximate surface area is 171 Å². The molecule has 1 aliphatic heterocycles. The van der Waals surface area contributed by atoms with Crippen molar-refractivity contribution in [3.8, 4) is 11.5 Å². The van der Waals surface area contributed by atoms with Crippen LogP contribution >= 0.6 is 0 Å². The molecule has 0 atom stereocenters. The van der Waals surface area contributed by atoms with Crippen LogP contribution in [0.3, 0.4) is 0 Å². The van der Waals surface area contributed by atoms with E-state index in [0.29, 0.717) is 55.2 Å². The first-order valence-corrected chi connectivity index (χ1v) is 9.56. The SMILES string of the molecule is CCc1c(OCOC)cc(OCOC)c(C(=O)N2CCNCC2)c1CC(=O)OC. The van der Waals surface area contributed by atoms with Crippen molar-refractivity contribution in [2.45, 2.75) is 19.8 Å². The Hall–Kier alpha value is -2.36. The van der Waals surface area contributed by atoms with Crippen LogP contribution < -0.4 is 14.8 Å². The van der Waals surface area contributed by atoms with E-state index in [2.05, 4.69) is 5.32 Å². The number of benzene rings is 1. The van der Waals surface area contributed by atoms with Gasteiger partial charge in [0.1, 0.15) is 11.5 Å². The number of ether oxygens (including phenoxy) is 5. The van der Waals surface area contributed by atoms with Crippen molar-refractivity contribution < 1.29 is 33.3 Å². The molecule has 1 heterocycles. The second-order valence-electron chi connectivity index (χ2n) is 6.46. The quantitative estimate of drug-likeness (QED) is 0.450. The lowest BCUT2D eigenvalue weighted by atomic mass is 9.93. The van der Waals surface area contributed by atoms with Gasteiger partial charge in [-0.25, -0.2) is 0 Å². The number of carbonyl (C=O) groups excluding carboxylic acids is 2. The molecule has 1 aliphatic rings. The van der Waals surface area contributed by atoms with E-state index in [0.717, 1.165) is 5.56 Å². The predicted octanol–water partition coefficient (Wildman–Crippen LogP) is 0.975. The first-order valence-electron chi connectivity index (χ1n) is 9.56. The Morgan fingerprint density at radius 2 is 1.62 bits per heavy atom. The summed E-state index contributed by atoms with van der Waals surface area (Å²) in [5.74, 6) is 0.161. The summed E-state index contributed by atoms with van der Waals surface area (Å²) in [5.41, 5.74) is 1.63. The van der Waals surface area contributed by atoms with Gasteiger partial charge in [0, 0.05) is 46.5 Å². The Morgan fingerprint density at radius 3 is 2.17 bits per heavy atom. The zero-order valence-corrected chi connectivity index (χ0v) is 17.5. The normalized spacial score (nSPS) is 13.9. The maximum atomic E-state index is 13.4. The lowest BCUT2D eigenvalue weighted by molar-refractivity contribution is -0.139. The number of nitrogens with one attached hydrogen (secondary N) is 1. The zero-order chi connectivity index (χ0) is 21.2. The summed E-state index contributed by atoms with van der Waals surface area (Å²) in [6, 6.07) is 1.66. The largest absolute Gasteiger partial charge is 0.469 e. The van der Waals surface area contributed by atoms with E-state index in [1.807, 2.05) is 6.92 Å². The number of carbonyl (C=O) groups is 2. The fourth-order valence-corrected chi connectivity index (χ4v) is 3.27. The van der Waals surface area contributed by atoms with Gasteiger partial charge in [-0.15, -0.1) is 0 Å². The Morgan fingerprint density at radius 1 is 1.00 bits per heavy atom. The summed E-state index contributed by atoms with van der Waals surface area (Å²) in [5, 5.41) is 3.23. The summed E-state index contributed by atoms with van der Waals surface area (Å²) in [4.78, 5) is 27.3. The Kier molecular flexibility index (Phi) is 9.17. The molecule has 0 aromatic heterocycles. The van der Waals surface area contributed by atoms with Crippen molar-refractivity contribution in [1.29, 1.82) is 0 Å². The molecule has 1 N–H and O–H groups in total. The second-order valence-corrected chi connectivity index (χ2v) is 6.46. The van der Waals surface area contributed by atoms with E-state index < -0.39 is 5.97 Å². The minimum Gasteiger partial charge on any atom is -0.469 e. The molecule has 0 spiro atoms. The molecule has 0 aliphatic carbocycles. The Balaban J connectivity index is 2.62. The molecule has 1 aromatic carbocycles. The van der Waals surface area contributed by atoms with Crippen LogP contribution in [0.25, 0.3) is 0 Å². The lowest BCUT2D eigenvalue weighted by Crippen LogP contribution is -2.46. The third kappa shape index (κ3) is 5.81. The minimum atomic E-state index is -0.448. The summed E-state index contributed by atoms with van der Waals surface area (Å²) in [7, 11) is 4.33. The highest BCUT2D eigenvalue weighted by atomic mass is 16.7. The van der Waals surface area contributed by atoms with Crippen LogP contribution in [0.2, 0.25) is 0 Å². The molecule has 162 valence electrons. The van der Waals surface area contributed by atoms with Gasteiger partial charge in [0.05, 0.1) is 19.1 Å². The van der Waals surface area contributed by atoms with E-state index in [-0.39, 0.29) is 25.9 Å². The third-order valence-corrected chi connectivity index (χ3v) is 4.66. The van der Waals surface area contributed by atoms with Crippen LogP contribution in [0.4, 0.5) is 0 Å². The second kappa shape index (κ2) is 11.6. The Bertz CT molecular complexity index is 703. The highest BCUT2D eigenvalue weighted by molar-refractivity contribution is 6.00. The van der Waals surface area contributed by atoms with E-state index in [1.165, 1.54) is 21.3 Å². The van der Waals surface area contributed by atoms with Gasteiger partial charge in [-0.3, -0.25) is 9.59 Å². The topological polar surface area (TPSA) is 95.6 Å². The highest BCUT2D eigenvalue weighted by Crippen LogP contribution is 2.36. The number of methoxy groups -OCH3 is 3. The van der Waals surface area contributed by atoms with Crippen LogP contribution in [0.5, 0.6) is 11.5 Å². The molecule has 1 saturated heterocycles. The summed E-state index contributed by atoms with van der Waals surface area (Å²) < 4.78 is 26.3. The molecule has 1 fully saturated rings. The van der Waals surface area contributed by atoms with E-state index in [9.17, 15) is 9.59 Å². The molecule has 0 unspecified atom stereocenters. The van der Waals surface area contributed by atoms with Gasteiger partial charge in [0.2, 0.25) is 0 Å². The first-order chi connectivity index (χ1) is 14.1. The summed E-state index contributed by atoms with van der Waals surface area (Å²) in [6.07, 6.45) is 0.484. The van der Waals surface area contributed by atoms with Crippen molar-refractivity contribution in [2.75, 3.05) is 61.1 Å². The van der Waals surface area contributed by atoms with E-state index >= 15 is 0 Å². The van der Waals surface area contributed by atoms with Crippen LogP contribution in [0.1, 0.15) is 28.4 Å². The molecule has 2 rings (SSSR count). The van der Waals surface area contributed by atoms with Crippen LogP contribution in [-0.2, 0) is 31.8 Å². The number of nitrogens with zero attached hydrogens (tertiary/aromatic N) is 1. The van der Waals surface area contributed by atoms with Gasteiger partial charge in [-0.1, -0.05) is 6.92 Å². The van der Waals surface area contributed by atoms with Crippen LogP contribution in [-0.4, -0.2) is 77.9 Å². The van der Waals surface area contributed by atoms with E-state index in [1.54, 1.807) is 11.0 Å². The van der Waals surface area contributed by atoms with Gasteiger partial charge in [0.25, 0.3) is 5.91 Å². The molecular weight excluding hydrogens is 380 g/mol. The molecule has 0 bridgehead atoms. The van der Waals surface area contributed by atoms with Crippen molar-refractivity contribution in [2.24, 2.45) is 0 Å². The van der Waals surface area contributed by atoms with Gasteiger partial charge in [0.15, 0.2) is 13.6 Å². The number of rotatable bonds is 10. The minimum absolute atomic E-state index is 0.0273.